The van der Waals surface area contributed by atoms with Crippen molar-refractivity contribution >= 4 is 11.3 Å². The lowest BCUT2D eigenvalue weighted by molar-refractivity contribution is 0.127. The van der Waals surface area contributed by atoms with Crippen LogP contribution < -0.4 is 5.32 Å². The Labute approximate surface area is 126 Å². The Morgan fingerprint density at radius 3 is 2.65 bits per heavy atom. The largest absolute Gasteiger partial charge is 0.393 e. The summed E-state index contributed by atoms with van der Waals surface area (Å²) in [5, 5.41) is 14.4. The van der Waals surface area contributed by atoms with E-state index in [1.54, 1.807) is 0 Å². The molecule has 3 nitrogen and oxygen atoms in total. The third-order valence-electron chi connectivity index (χ3n) is 3.97. The van der Waals surface area contributed by atoms with Gasteiger partial charge in [0.15, 0.2) is 0 Å². The molecule has 0 saturated heterocycles. The van der Waals surface area contributed by atoms with E-state index in [2.05, 4.69) is 26.1 Å². The molecule has 2 atom stereocenters. The fourth-order valence-corrected chi connectivity index (χ4v) is 4.13. The Balaban J connectivity index is 1.91. The number of nitrogens with zero attached hydrogens (tertiary/aromatic N) is 1. The number of hydrogen-bond donors (Lipinski definition) is 2. The van der Waals surface area contributed by atoms with Gasteiger partial charge in [-0.05, 0) is 51.4 Å². The summed E-state index contributed by atoms with van der Waals surface area (Å²) in [6.45, 7) is 9.37. The first kappa shape index (κ1) is 15.9. The van der Waals surface area contributed by atoms with Gasteiger partial charge in [-0.2, -0.15) is 0 Å². The Morgan fingerprint density at radius 1 is 1.30 bits per heavy atom. The molecule has 0 amide bonds. The minimum absolute atomic E-state index is 0.110. The van der Waals surface area contributed by atoms with Crippen molar-refractivity contribution in [2.75, 3.05) is 6.54 Å². The first-order valence-corrected chi connectivity index (χ1v) is 8.59. The van der Waals surface area contributed by atoms with E-state index in [1.807, 2.05) is 18.3 Å². The predicted octanol–water partition coefficient (Wildman–Crippen LogP) is 3.47. The average molecular weight is 296 g/mol. The lowest BCUT2D eigenvalue weighted by Crippen LogP contribution is -2.33. The van der Waals surface area contributed by atoms with Crippen LogP contribution in [0.2, 0.25) is 0 Å². The second kappa shape index (κ2) is 6.54. The zero-order chi connectivity index (χ0) is 14.8. The minimum Gasteiger partial charge on any atom is -0.393 e. The molecule has 1 aromatic rings. The molecular weight excluding hydrogens is 268 g/mol. The van der Waals surface area contributed by atoms with Crippen molar-refractivity contribution in [1.29, 1.82) is 0 Å². The van der Waals surface area contributed by atoms with Gasteiger partial charge in [0.2, 0.25) is 0 Å². The molecular formula is C16H28N2OS. The van der Waals surface area contributed by atoms with Gasteiger partial charge in [0, 0.05) is 11.4 Å². The summed E-state index contributed by atoms with van der Waals surface area (Å²) in [5.41, 5.74) is 1.45. The highest BCUT2D eigenvalue weighted by molar-refractivity contribution is 7.11. The molecule has 20 heavy (non-hydrogen) atoms. The highest BCUT2D eigenvalue weighted by Gasteiger charge is 2.23. The van der Waals surface area contributed by atoms with Crippen LogP contribution in [0.3, 0.4) is 0 Å². The number of hydrogen-bond acceptors (Lipinski definition) is 4. The molecule has 0 spiro atoms. The fourth-order valence-electron chi connectivity index (χ4n) is 2.95. The van der Waals surface area contributed by atoms with Crippen molar-refractivity contribution in [3.63, 3.8) is 0 Å². The Hall–Kier alpha value is -0.450. The maximum Gasteiger partial charge on any atom is 0.110 e. The summed E-state index contributed by atoms with van der Waals surface area (Å²) < 4.78 is 0. The molecule has 1 aliphatic carbocycles. The molecule has 0 aromatic carbocycles. The molecule has 2 N–H and O–H groups in total. The summed E-state index contributed by atoms with van der Waals surface area (Å²) in [4.78, 5) is 6.32. The Bertz CT molecular complexity index is 416. The second-order valence-electron chi connectivity index (χ2n) is 6.95. The van der Waals surface area contributed by atoms with Crippen molar-refractivity contribution in [1.82, 2.24) is 10.3 Å². The number of nitrogens with one attached hydrogen (secondary N) is 1. The van der Waals surface area contributed by atoms with Crippen LogP contribution in [0, 0.1) is 5.41 Å². The molecule has 0 saturated carbocycles. The van der Waals surface area contributed by atoms with E-state index >= 15 is 0 Å². The number of aliphatic hydroxyl groups is 1. The van der Waals surface area contributed by atoms with Gasteiger partial charge >= 0.3 is 0 Å². The van der Waals surface area contributed by atoms with Crippen LogP contribution in [0.1, 0.15) is 68.6 Å². The van der Waals surface area contributed by atoms with Crippen molar-refractivity contribution < 1.29 is 5.11 Å². The van der Waals surface area contributed by atoms with Crippen LogP contribution in [0.5, 0.6) is 0 Å². The summed E-state index contributed by atoms with van der Waals surface area (Å²) in [5.74, 6) is 0. The topological polar surface area (TPSA) is 45.1 Å². The Kier molecular flexibility index (Phi) is 5.21. The summed E-state index contributed by atoms with van der Waals surface area (Å²) in [6.07, 6.45) is 5.56. The van der Waals surface area contributed by atoms with Crippen molar-refractivity contribution in [3.8, 4) is 0 Å². The molecule has 114 valence electrons. The monoisotopic (exact) mass is 296 g/mol. The normalized spacial score (nSPS) is 18.6. The molecule has 2 rings (SSSR count). The standard InChI is InChI=1S/C16H28N2OS/c1-11(19)9-16(3,4)10-17-12(2)15-18-13-7-5-6-8-14(13)20-15/h11-12,17,19H,5-10H2,1-4H3. The van der Waals surface area contributed by atoms with Gasteiger partial charge in [0.05, 0.1) is 17.8 Å². The zero-order valence-electron chi connectivity index (χ0n) is 13.2. The number of rotatable bonds is 6. The maximum atomic E-state index is 9.54. The van der Waals surface area contributed by atoms with Crippen molar-refractivity contribution in [2.24, 2.45) is 5.41 Å². The van der Waals surface area contributed by atoms with E-state index in [9.17, 15) is 5.11 Å². The average Bonchev–Trinajstić information content (AvgIpc) is 2.78. The predicted molar refractivity (Wildman–Crippen MR) is 85.3 cm³/mol. The molecule has 1 aliphatic rings. The summed E-state index contributed by atoms with van der Waals surface area (Å²) in [6, 6.07) is 0.305. The minimum atomic E-state index is -0.241. The first-order chi connectivity index (χ1) is 9.37. The number of fused-ring (bicyclic) bond motifs is 1. The van der Waals surface area contributed by atoms with Gasteiger partial charge in [-0.3, -0.25) is 0 Å². The van der Waals surface area contributed by atoms with Crippen LogP contribution in [-0.4, -0.2) is 22.7 Å². The number of aliphatic hydroxyl groups excluding tert-OH is 1. The van der Waals surface area contributed by atoms with Gasteiger partial charge in [0.1, 0.15) is 5.01 Å². The van der Waals surface area contributed by atoms with E-state index < -0.39 is 0 Å². The summed E-state index contributed by atoms with van der Waals surface area (Å²) >= 11 is 1.88. The quantitative estimate of drug-likeness (QED) is 0.845. The summed E-state index contributed by atoms with van der Waals surface area (Å²) in [7, 11) is 0. The van der Waals surface area contributed by atoms with E-state index in [0.717, 1.165) is 19.4 Å². The van der Waals surface area contributed by atoms with Crippen LogP contribution >= 0.6 is 11.3 Å². The van der Waals surface area contributed by atoms with E-state index in [0.29, 0.717) is 6.04 Å². The van der Waals surface area contributed by atoms with Crippen LogP contribution in [-0.2, 0) is 12.8 Å². The highest BCUT2D eigenvalue weighted by atomic mass is 32.1. The number of aryl methyl sites for hydroxylation is 2. The maximum absolute atomic E-state index is 9.54. The lowest BCUT2D eigenvalue weighted by atomic mass is 9.87. The molecule has 0 bridgehead atoms. The molecule has 1 aromatic heterocycles. The van der Waals surface area contributed by atoms with Gasteiger partial charge in [-0.1, -0.05) is 13.8 Å². The number of thiazole rings is 1. The SMILES string of the molecule is CC(O)CC(C)(C)CNC(C)c1nc2c(s1)CCCC2. The molecule has 1 heterocycles. The second-order valence-corrected chi connectivity index (χ2v) is 8.06. The molecule has 0 aliphatic heterocycles. The van der Waals surface area contributed by atoms with E-state index in [-0.39, 0.29) is 11.5 Å². The molecule has 4 heteroatoms. The van der Waals surface area contributed by atoms with Gasteiger partial charge in [0.25, 0.3) is 0 Å². The van der Waals surface area contributed by atoms with Crippen LogP contribution in [0.4, 0.5) is 0 Å². The fraction of sp³-hybridized carbons (Fsp3) is 0.812. The van der Waals surface area contributed by atoms with Crippen molar-refractivity contribution in [2.45, 2.75) is 71.9 Å². The number of aromatic nitrogens is 1. The van der Waals surface area contributed by atoms with E-state index in [4.69, 9.17) is 4.98 Å². The van der Waals surface area contributed by atoms with Crippen molar-refractivity contribution in [3.05, 3.63) is 15.6 Å². The third kappa shape index (κ3) is 4.27. The first-order valence-electron chi connectivity index (χ1n) is 7.77. The highest BCUT2D eigenvalue weighted by Crippen LogP contribution is 2.30. The molecule has 0 radical (unpaired) electrons. The lowest BCUT2D eigenvalue weighted by Gasteiger charge is -2.28. The van der Waals surface area contributed by atoms with Crippen LogP contribution in [0.15, 0.2) is 0 Å². The third-order valence-corrected chi connectivity index (χ3v) is 5.31. The van der Waals surface area contributed by atoms with Gasteiger partial charge in [-0.15, -0.1) is 11.3 Å². The molecule has 0 fully saturated rings. The molecule has 2 unspecified atom stereocenters. The Morgan fingerprint density at radius 2 is 2.00 bits per heavy atom. The zero-order valence-corrected chi connectivity index (χ0v) is 14.0. The van der Waals surface area contributed by atoms with Gasteiger partial charge in [-0.25, -0.2) is 4.98 Å². The smallest absolute Gasteiger partial charge is 0.110 e. The van der Waals surface area contributed by atoms with Crippen LogP contribution in [0.25, 0.3) is 0 Å². The van der Waals surface area contributed by atoms with E-state index in [1.165, 1.54) is 34.8 Å². The van der Waals surface area contributed by atoms with Gasteiger partial charge < -0.3 is 10.4 Å².